The maximum atomic E-state index is 5.93. The zero-order valence-electron chi connectivity index (χ0n) is 12.4. The molecule has 2 fully saturated rings. The van der Waals surface area contributed by atoms with Crippen molar-refractivity contribution in [2.75, 3.05) is 13.7 Å². The first-order valence-electron chi connectivity index (χ1n) is 7.66. The summed E-state index contributed by atoms with van der Waals surface area (Å²) in [6, 6.07) is 3.07. The molecule has 20 heavy (non-hydrogen) atoms. The van der Waals surface area contributed by atoms with Crippen LogP contribution >= 0.6 is 0 Å². The van der Waals surface area contributed by atoms with Gasteiger partial charge in [0.2, 0.25) is 0 Å². The van der Waals surface area contributed by atoms with E-state index in [2.05, 4.69) is 16.5 Å². The number of nitrogens with one attached hydrogen (secondary N) is 1. The van der Waals surface area contributed by atoms with E-state index in [-0.39, 0.29) is 6.10 Å². The molecular formula is C15H25N3O2. The van der Waals surface area contributed by atoms with Crippen LogP contribution in [-0.2, 0) is 16.5 Å². The number of hydrogen-bond donors (Lipinski definition) is 1. The van der Waals surface area contributed by atoms with Crippen molar-refractivity contribution in [3.63, 3.8) is 0 Å². The van der Waals surface area contributed by atoms with Crippen LogP contribution in [0.4, 0.5) is 0 Å². The molecular weight excluding hydrogens is 254 g/mol. The summed E-state index contributed by atoms with van der Waals surface area (Å²) in [6.07, 6.45) is 8.26. The molecule has 0 aromatic carbocycles. The number of rotatable bonds is 4. The van der Waals surface area contributed by atoms with Crippen molar-refractivity contribution in [1.82, 2.24) is 15.1 Å². The molecule has 1 N–H and O–H groups in total. The van der Waals surface area contributed by atoms with Gasteiger partial charge in [-0.3, -0.25) is 4.68 Å². The summed E-state index contributed by atoms with van der Waals surface area (Å²) in [7, 11) is 3.81. The van der Waals surface area contributed by atoms with Crippen LogP contribution < -0.4 is 5.32 Å². The summed E-state index contributed by atoms with van der Waals surface area (Å²) >= 11 is 0. The van der Waals surface area contributed by atoms with Crippen LogP contribution in [0.1, 0.15) is 43.9 Å². The zero-order chi connectivity index (χ0) is 13.9. The van der Waals surface area contributed by atoms with E-state index in [4.69, 9.17) is 9.47 Å². The third-order valence-corrected chi connectivity index (χ3v) is 4.70. The highest BCUT2D eigenvalue weighted by Crippen LogP contribution is 2.30. The van der Waals surface area contributed by atoms with E-state index in [1.807, 2.05) is 25.0 Å². The topological polar surface area (TPSA) is 48.3 Å². The molecule has 0 unspecified atom stereocenters. The Morgan fingerprint density at radius 1 is 1.30 bits per heavy atom. The molecule has 1 saturated carbocycles. The lowest BCUT2D eigenvalue weighted by Gasteiger charge is -2.31. The minimum Gasteiger partial charge on any atom is -0.381 e. The van der Waals surface area contributed by atoms with Crippen molar-refractivity contribution >= 4 is 0 Å². The molecule has 0 spiro atoms. The Morgan fingerprint density at radius 2 is 2.10 bits per heavy atom. The van der Waals surface area contributed by atoms with Crippen molar-refractivity contribution in [2.45, 2.75) is 56.4 Å². The van der Waals surface area contributed by atoms with E-state index in [0.29, 0.717) is 18.2 Å². The van der Waals surface area contributed by atoms with Crippen LogP contribution in [0.15, 0.2) is 12.3 Å². The molecule has 0 bridgehead atoms. The number of aryl methyl sites for hydroxylation is 1. The number of aromatic nitrogens is 2. The van der Waals surface area contributed by atoms with Crippen LogP contribution in [0.25, 0.3) is 0 Å². The summed E-state index contributed by atoms with van der Waals surface area (Å²) in [5.74, 6) is 0. The van der Waals surface area contributed by atoms with Crippen LogP contribution in [0.3, 0.4) is 0 Å². The average Bonchev–Trinajstić information content (AvgIpc) is 3.08. The Balaban J connectivity index is 1.58. The number of hydrogen-bond acceptors (Lipinski definition) is 4. The molecule has 1 aromatic heterocycles. The minimum absolute atomic E-state index is 0.141. The van der Waals surface area contributed by atoms with Gasteiger partial charge >= 0.3 is 0 Å². The van der Waals surface area contributed by atoms with Crippen LogP contribution in [0.5, 0.6) is 0 Å². The highest BCUT2D eigenvalue weighted by atomic mass is 16.5. The minimum atomic E-state index is 0.141. The van der Waals surface area contributed by atoms with E-state index in [0.717, 1.165) is 25.9 Å². The summed E-state index contributed by atoms with van der Waals surface area (Å²) in [4.78, 5) is 0. The SMILES string of the molecule is COC1CCC(N[C@H]2CCO[C@@H]2c2ccnn2C)CC1. The standard InChI is InChI=1S/C15H25N3O2/c1-18-14(7-9-16-18)15-13(8-10-20-15)17-11-3-5-12(19-2)6-4-11/h7,9,11-13,15,17H,3-6,8,10H2,1-2H3/t11?,12?,13-,15-/m0/s1. The van der Waals surface area contributed by atoms with Crippen LogP contribution in [0.2, 0.25) is 0 Å². The summed E-state index contributed by atoms with van der Waals surface area (Å²) in [6.45, 7) is 0.834. The lowest BCUT2D eigenvalue weighted by atomic mass is 9.91. The fourth-order valence-electron chi connectivity index (χ4n) is 3.48. The Hall–Kier alpha value is -0.910. The molecule has 112 valence electrons. The van der Waals surface area contributed by atoms with Crippen LogP contribution in [-0.4, -0.2) is 41.7 Å². The summed E-state index contributed by atoms with van der Waals surface area (Å²) in [5, 5.41) is 8.06. The van der Waals surface area contributed by atoms with Crippen molar-refractivity contribution in [2.24, 2.45) is 7.05 Å². The fourth-order valence-corrected chi connectivity index (χ4v) is 3.48. The lowest BCUT2D eigenvalue weighted by Crippen LogP contribution is -2.43. The zero-order valence-corrected chi connectivity index (χ0v) is 12.4. The quantitative estimate of drug-likeness (QED) is 0.913. The first-order chi connectivity index (χ1) is 9.78. The molecule has 1 aliphatic carbocycles. The molecule has 3 rings (SSSR count). The van der Waals surface area contributed by atoms with Crippen molar-refractivity contribution in [3.8, 4) is 0 Å². The molecule has 5 nitrogen and oxygen atoms in total. The highest BCUT2D eigenvalue weighted by Gasteiger charge is 2.33. The molecule has 2 atom stereocenters. The van der Waals surface area contributed by atoms with Gasteiger partial charge in [-0.1, -0.05) is 0 Å². The van der Waals surface area contributed by atoms with Crippen molar-refractivity contribution in [3.05, 3.63) is 18.0 Å². The van der Waals surface area contributed by atoms with Gasteiger partial charge < -0.3 is 14.8 Å². The summed E-state index contributed by atoms with van der Waals surface area (Å²) < 4.78 is 13.3. The van der Waals surface area contributed by atoms with Crippen molar-refractivity contribution in [1.29, 1.82) is 0 Å². The third-order valence-electron chi connectivity index (χ3n) is 4.70. The Kier molecular flexibility index (Phi) is 4.38. The van der Waals surface area contributed by atoms with Gasteiger partial charge in [-0.2, -0.15) is 5.10 Å². The predicted octanol–water partition coefficient (Wildman–Crippen LogP) is 1.80. The largest absolute Gasteiger partial charge is 0.381 e. The smallest absolute Gasteiger partial charge is 0.114 e. The highest BCUT2D eigenvalue weighted by molar-refractivity contribution is 5.09. The Bertz CT molecular complexity index is 427. The van der Waals surface area contributed by atoms with E-state index < -0.39 is 0 Å². The molecule has 5 heteroatoms. The van der Waals surface area contributed by atoms with Gasteiger partial charge in [0, 0.05) is 39.0 Å². The molecule has 1 aromatic rings. The first-order valence-corrected chi connectivity index (χ1v) is 7.66. The van der Waals surface area contributed by atoms with Gasteiger partial charge in [0.05, 0.1) is 11.8 Å². The lowest BCUT2D eigenvalue weighted by molar-refractivity contribution is 0.0554. The predicted molar refractivity (Wildman–Crippen MR) is 76.5 cm³/mol. The van der Waals surface area contributed by atoms with Gasteiger partial charge in [-0.15, -0.1) is 0 Å². The van der Waals surface area contributed by atoms with Crippen molar-refractivity contribution < 1.29 is 9.47 Å². The molecule has 2 heterocycles. The number of nitrogens with zero attached hydrogens (tertiary/aromatic N) is 2. The first kappa shape index (κ1) is 14.0. The second kappa shape index (κ2) is 6.24. The van der Waals surface area contributed by atoms with Crippen LogP contribution in [0, 0.1) is 0 Å². The number of methoxy groups -OCH3 is 1. The fraction of sp³-hybridized carbons (Fsp3) is 0.800. The van der Waals surface area contributed by atoms with Gasteiger partial charge in [0.25, 0.3) is 0 Å². The van der Waals surface area contributed by atoms with Gasteiger partial charge in [-0.25, -0.2) is 0 Å². The van der Waals surface area contributed by atoms with Gasteiger partial charge in [0.15, 0.2) is 0 Å². The second-order valence-corrected chi connectivity index (χ2v) is 5.94. The molecule has 0 amide bonds. The van der Waals surface area contributed by atoms with E-state index in [1.165, 1.54) is 18.5 Å². The van der Waals surface area contributed by atoms with Gasteiger partial charge in [-0.05, 0) is 38.2 Å². The number of ether oxygens (including phenoxy) is 2. The normalized spacial score (nSPS) is 34.5. The third kappa shape index (κ3) is 2.90. The average molecular weight is 279 g/mol. The Labute approximate surface area is 120 Å². The maximum absolute atomic E-state index is 5.93. The van der Waals surface area contributed by atoms with E-state index in [1.54, 1.807) is 0 Å². The van der Waals surface area contributed by atoms with E-state index in [9.17, 15) is 0 Å². The molecule has 1 aliphatic heterocycles. The van der Waals surface area contributed by atoms with Gasteiger partial charge in [0.1, 0.15) is 6.10 Å². The molecule has 0 radical (unpaired) electrons. The summed E-state index contributed by atoms with van der Waals surface area (Å²) in [5.41, 5.74) is 1.17. The molecule has 1 saturated heterocycles. The van der Waals surface area contributed by atoms with E-state index >= 15 is 0 Å². The second-order valence-electron chi connectivity index (χ2n) is 5.94. The Morgan fingerprint density at radius 3 is 2.75 bits per heavy atom. The maximum Gasteiger partial charge on any atom is 0.114 e. The monoisotopic (exact) mass is 279 g/mol. The molecule has 2 aliphatic rings.